The number of hydrogen-bond donors (Lipinski definition) is 0. The number of halogens is 2. The van der Waals surface area contributed by atoms with Crippen molar-refractivity contribution < 1.29 is 9.13 Å². The largest absolute Gasteiger partial charge is 0.496 e. The summed E-state index contributed by atoms with van der Waals surface area (Å²) in [5, 5.41) is 1.70. The Balaban J connectivity index is 1.74. The molecule has 1 aliphatic rings. The Bertz CT molecular complexity index is 1320. The fourth-order valence-corrected chi connectivity index (χ4v) is 4.80. The number of aromatic nitrogens is 2. The predicted octanol–water partition coefficient (Wildman–Crippen LogP) is 7.51. The molecule has 0 atom stereocenters. The van der Waals surface area contributed by atoms with Gasteiger partial charge in [-0.25, -0.2) is 9.37 Å². The van der Waals surface area contributed by atoms with Crippen molar-refractivity contribution in [1.29, 1.82) is 0 Å². The number of hydrogen-bond acceptors (Lipinski definition) is 2. The van der Waals surface area contributed by atoms with Crippen LogP contribution in [0.2, 0.25) is 5.02 Å². The quantitative estimate of drug-likeness (QED) is 0.317. The minimum absolute atomic E-state index is 0.292. The van der Waals surface area contributed by atoms with Gasteiger partial charge in [0.25, 0.3) is 0 Å². The fraction of sp³-hybridized carbons (Fsp3) is 0.222. The molecule has 0 radical (unpaired) electrons. The van der Waals surface area contributed by atoms with E-state index in [1.54, 1.807) is 19.4 Å². The first-order valence-corrected chi connectivity index (χ1v) is 11.3. The van der Waals surface area contributed by atoms with Crippen molar-refractivity contribution in [2.24, 2.45) is 0 Å². The lowest BCUT2D eigenvalue weighted by Gasteiger charge is -2.16. The molecule has 162 valence electrons. The smallest absolute Gasteiger partial charge is 0.141 e. The lowest BCUT2D eigenvalue weighted by atomic mass is 9.96. The molecule has 4 aromatic rings. The number of fused-ring (bicyclic) bond motifs is 1. The monoisotopic (exact) mass is 446 g/mol. The van der Waals surface area contributed by atoms with Crippen LogP contribution < -0.4 is 4.74 Å². The summed E-state index contributed by atoms with van der Waals surface area (Å²) < 4.78 is 22.0. The molecule has 0 aliphatic heterocycles. The average molecular weight is 447 g/mol. The number of nitrogens with zero attached hydrogens (tertiary/aromatic N) is 2. The molecule has 2 heterocycles. The molecule has 1 aliphatic carbocycles. The fourth-order valence-electron chi connectivity index (χ4n) is 4.59. The van der Waals surface area contributed by atoms with Gasteiger partial charge in [-0.2, -0.15) is 0 Å². The van der Waals surface area contributed by atoms with E-state index < -0.39 is 0 Å². The lowest BCUT2D eigenvalue weighted by molar-refractivity contribution is 0.415. The number of methoxy groups -OCH3 is 1. The van der Waals surface area contributed by atoms with Gasteiger partial charge in [0.1, 0.15) is 17.2 Å². The number of rotatable bonds is 5. The molecule has 0 saturated carbocycles. The molecule has 32 heavy (non-hydrogen) atoms. The minimum atomic E-state index is -0.292. The van der Waals surface area contributed by atoms with E-state index in [1.165, 1.54) is 30.5 Å². The summed E-state index contributed by atoms with van der Waals surface area (Å²) in [6, 6.07) is 16.7. The maximum absolute atomic E-state index is 14.2. The summed E-state index contributed by atoms with van der Waals surface area (Å²) in [6.45, 7) is 0.660. The molecule has 2 aromatic carbocycles. The van der Waals surface area contributed by atoms with Crippen molar-refractivity contribution in [2.75, 3.05) is 7.11 Å². The predicted molar refractivity (Wildman–Crippen MR) is 129 cm³/mol. The Morgan fingerprint density at radius 2 is 1.97 bits per heavy atom. The Morgan fingerprint density at radius 3 is 2.75 bits per heavy atom. The highest BCUT2D eigenvalue weighted by Gasteiger charge is 2.20. The van der Waals surface area contributed by atoms with E-state index in [4.69, 9.17) is 21.3 Å². The van der Waals surface area contributed by atoms with Crippen LogP contribution in [0.1, 0.15) is 36.9 Å². The molecule has 0 spiro atoms. The van der Waals surface area contributed by atoms with Gasteiger partial charge in [0.2, 0.25) is 0 Å². The Morgan fingerprint density at radius 1 is 1.06 bits per heavy atom. The maximum atomic E-state index is 14.2. The second-order valence-corrected chi connectivity index (χ2v) is 8.60. The van der Waals surface area contributed by atoms with E-state index in [9.17, 15) is 4.39 Å². The van der Waals surface area contributed by atoms with Gasteiger partial charge in [-0.1, -0.05) is 29.8 Å². The molecule has 0 saturated heterocycles. The second kappa shape index (κ2) is 8.79. The summed E-state index contributed by atoms with van der Waals surface area (Å²) in [6.07, 6.45) is 8.67. The first kappa shape index (κ1) is 20.8. The zero-order valence-electron chi connectivity index (χ0n) is 17.9. The van der Waals surface area contributed by atoms with E-state index >= 15 is 0 Å². The average Bonchev–Trinajstić information content (AvgIpc) is 3.18. The third kappa shape index (κ3) is 3.91. The van der Waals surface area contributed by atoms with Gasteiger partial charge in [-0.15, -0.1) is 0 Å². The van der Waals surface area contributed by atoms with Gasteiger partial charge in [-0.3, -0.25) is 0 Å². The summed E-state index contributed by atoms with van der Waals surface area (Å²) >= 11 is 6.26. The zero-order chi connectivity index (χ0) is 22.1. The summed E-state index contributed by atoms with van der Waals surface area (Å²) in [7, 11) is 1.61. The van der Waals surface area contributed by atoms with E-state index in [0.717, 1.165) is 51.3 Å². The van der Waals surface area contributed by atoms with Gasteiger partial charge in [0, 0.05) is 34.4 Å². The van der Waals surface area contributed by atoms with Crippen LogP contribution >= 0.6 is 11.6 Å². The van der Waals surface area contributed by atoms with Crippen molar-refractivity contribution in [3.8, 4) is 16.9 Å². The normalized spacial score (nSPS) is 13.9. The molecule has 5 rings (SSSR count). The molecule has 5 heteroatoms. The van der Waals surface area contributed by atoms with E-state index in [1.807, 2.05) is 24.3 Å². The van der Waals surface area contributed by atoms with Crippen molar-refractivity contribution in [2.45, 2.75) is 32.2 Å². The first-order chi connectivity index (χ1) is 15.6. The van der Waals surface area contributed by atoms with Crippen molar-refractivity contribution in [3.63, 3.8) is 0 Å². The number of allylic oxidation sites excluding steroid dienone is 2. The topological polar surface area (TPSA) is 27.1 Å². The molecule has 3 nitrogen and oxygen atoms in total. The minimum Gasteiger partial charge on any atom is -0.496 e. The Labute approximate surface area is 192 Å². The van der Waals surface area contributed by atoms with Gasteiger partial charge >= 0.3 is 0 Å². The van der Waals surface area contributed by atoms with Crippen molar-refractivity contribution in [1.82, 2.24) is 9.55 Å². The highest BCUT2D eigenvalue weighted by molar-refractivity contribution is 6.30. The van der Waals surface area contributed by atoms with Crippen LogP contribution in [0, 0.1) is 5.82 Å². The number of pyridine rings is 1. The van der Waals surface area contributed by atoms with Crippen molar-refractivity contribution >= 4 is 28.2 Å². The van der Waals surface area contributed by atoms with Crippen molar-refractivity contribution in [3.05, 3.63) is 89.0 Å². The SMILES string of the molecule is COc1ccc(F)cc1-c1ccnc2c1cc(C1=CCCCC1)n2Cc1cccc(Cl)c1. The lowest BCUT2D eigenvalue weighted by Crippen LogP contribution is -2.06. The van der Waals surface area contributed by atoms with Crippen LogP contribution in [-0.2, 0) is 6.54 Å². The molecular formula is C27H24ClFN2O. The van der Waals surface area contributed by atoms with E-state index in [2.05, 4.69) is 22.8 Å². The number of ether oxygens (including phenoxy) is 1. The molecule has 0 fully saturated rings. The Hall–Kier alpha value is -3.11. The van der Waals surface area contributed by atoms with Crippen LogP contribution in [0.4, 0.5) is 4.39 Å². The van der Waals surface area contributed by atoms with E-state index in [-0.39, 0.29) is 5.82 Å². The third-order valence-corrected chi connectivity index (χ3v) is 6.33. The Kier molecular flexibility index (Phi) is 5.71. The molecule has 2 aromatic heterocycles. The second-order valence-electron chi connectivity index (χ2n) is 8.16. The first-order valence-electron chi connectivity index (χ1n) is 10.9. The maximum Gasteiger partial charge on any atom is 0.141 e. The summed E-state index contributed by atoms with van der Waals surface area (Å²) in [5.41, 5.74) is 6.12. The molecule has 0 amide bonds. The molecule has 0 N–H and O–H groups in total. The van der Waals surface area contributed by atoms with Crippen LogP contribution in [0.25, 0.3) is 27.7 Å². The third-order valence-electron chi connectivity index (χ3n) is 6.10. The zero-order valence-corrected chi connectivity index (χ0v) is 18.7. The molecular weight excluding hydrogens is 423 g/mol. The summed E-state index contributed by atoms with van der Waals surface area (Å²) in [5.74, 6) is 0.347. The highest BCUT2D eigenvalue weighted by Crippen LogP contribution is 2.39. The van der Waals surface area contributed by atoms with Gasteiger partial charge in [0.05, 0.1) is 7.11 Å². The highest BCUT2D eigenvalue weighted by atomic mass is 35.5. The van der Waals surface area contributed by atoms with Gasteiger partial charge in [0.15, 0.2) is 0 Å². The summed E-state index contributed by atoms with van der Waals surface area (Å²) in [4.78, 5) is 4.75. The molecule has 0 bridgehead atoms. The molecule has 0 unspecified atom stereocenters. The van der Waals surface area contributed by atoms with Gasteiger partial charge in [-0.05, 0) is 84.8 Å². The number of benzene rings is 2. The van der Waals surface area contributed by atoms with Crippen LogP contribution in [-0.4, -0.2) is 16.7 Å². The standard InChI is InChI=1S/C27H24ClFN2O/c1-32-26-11-10-21(29)15-23(26)22-12-13-30-27-24(22)16-25(19-7-3-2-4-8-19)31(27)17-18-6-5-9-20(28)14-18/h5-7,9-16H,2-4,8,17H2,1H3. The van der Waals surface area contributed by atoms with Crippen LogP contribution in [0.3, 0.4) is 0 Å². The van der Waals surface area contributed by atoms with Crippen LogP contribution in [0.15, 0.2) is 66.9 Å². The van der Waals surface area contributed by atoms with Gasteiger partial charge < -0.3 is 9.30 Å². The van der Waals surface area contributed by atoms with Crippen LogP contribution in [0.5, 0.6) is 5.75 Å². The van der Waals surface area contributed by atoms with E-state index in [0.29, 0.717) is 12.3 Å².